The number of aromatic amines is 1. The summed E-state index contributed by atoms with van der Waals surface area (Å²) in [6.07, 6.45) is 0. The highest BCUT2D eigenvalue weighted by Gasteiger charge is 2.14. The third-order valence-corrected chi connectivity index (χ3v) is 2.88. The monoisotopic (exact) mass is 272 g/mol. The van der Waals surface area contributed by atoms with Crippen molar-refractivity contribution in [1.82, 2.24) is 20.5 Å². The molecule has 1 atom stereocenters. The molecule has 0 saturated carbocycles. The number of nitrogens with one attached hydrogen (secondary N) is 2. The minimum Gasteiger partial charge on any atom is -0.348 e. The highest BCUT2D eigenvalue weighted by Crippen LogP contribution is 2.13. The minimum absolute atomic E-state index is 0.191. The second-order valence-electron chi connectivity index (χ2n) is 4.68. The van der Waals surface area contributed by atoms with Gasteiger partial charge >= 0.3 is 0 Å². The van der Waals surface area contributed by atoms with Crippen molar-refractivity contribution in [2.45, 2.75) is 26.8 Å². The number of aryl methyl sites for hydroxylation is 1. The van der Waals surface area contributed by atoms with Crippen molar-refractivity contribution in [2.24, 2.45) is 0 Å². The van der Waals surface area contributed by atoms with Crippen molar-refractivity contribution in [1.29, 1.82) is 0 Å². The van der Waals surface area contributed by atoms with Crippen LogP contribution in [0.1, 0.15) is 31.1 Å². The molecule has 0 spiro atoms. The normalized spacial score (nSPS) is 11.9. The Labute approximate surface area is 116 Å². The molecule has 0 bridgehead atoms. The lowest BCUT2D eigenvalue weighted by Gasteiger charge is -2.10. The predicted molar refractivity (Wildman–Crippen MR) is 75.1 cm³/mol. The van der Waals surface area contributed by atoms with Crippen molar-refractivity contribution in [3.8, 4) is 11.4 Å². The van der Waals surface area contributed by atoms with E-state index in [0.29, 0.717) is 5.82 Å². The van der Waals surface area contributed by atoms with Crippen molar-refractivity contribution in [3.63, 3.8) is 0 Å². The lowest BCUT2D eigenvalue weighted by Crippen LogP contribution is -2.30. The summed E-state index contributed by atoms with van der Waals surface area (Å²) in [4.78, 5) is 25.7. The van der Waals surface area contributed by atoms with Crippen LogP contribution in [0.5, 0.6) is 0 Å². The second kappa shape index (κ2) is 5.64. The van der Waals surface area contributed by atoms with Crippen LogP contribution in [0.4, 0.5) is 0 Å². The van der Waals surface area contributed by atoms with Gasteiger partial charge in [-0.15, -0.1) is 10.2 Å². The first-order valence-corrected chi connectivity index (χ1v) is 6.28. The lowest BCUT2D eigenvalue weighted by molar-refractivity contribution is -0.119. The smallest absolute Gasteiger partial charge is 0.275 e. The van der Waals surface area contributed by atoms with Gasteiger partial charge in [0.05, 0.1) is 6.04 Å². The molecule has 0 saturated heterocycles. The maximum atomic E-state index is 12.0. The average Bonchev–Trinajstić information content (AvgIpc) is 2.38. The van der Waals surface area contributed by atoms with Crippen LogP contribution in [0, 0.1) is 6.92 Å². The van der Waals surface area contributed by atoms with Crippen molar-refractivity contribution in [2.75, 3.05) is 0 Å². The van der Waals surface area contributed by atoms with Gasteiger partial charge in [0, 0.05) is 12.5 Å². The number of nitrogens with zero attached hydrogens (tertiary/aromatic N) is 2. The molecule has 2 rings (SSSR count). The summed E-state index contributed by atoms with van der Waals surface area (Å²) in [6.45, 7) is 5.06. The first-order valence-electron chi connectivity index (χ1n) is 6.28. The van der Waals surface area contributed by atoms with Gasteiger partial charge < -0.3 is 10.3 Å². The van der Waals surface area contributed by atoms with Crippen LogP contribution in [-0.4, -0.2) is 21.1 Å². The Morgan fingerprint density at radius 2 is 1.90 bits per heavy atom. The average molecular weight is 272 g/mol. The molecule has 6 heteroatoms. The van der Waals surface area contributed by atoms with E-state index in [4.69, 9.17) is 0 Å². The number of carbonyl (C=O) groups excluding carboxylic acids is 1. The van der Waals surface area contributed by atoms with Crippen molar-refractivity contribution < 1.29 is 4.79 Å². The second-order valence-corrected chi connectivity index (χ2v) is 4.68. The van der Waals surface area contributed by atoms with E-state index in [0.717, 1.165) is 11.1 Å². The van der Waals surface area contributed by atoms with Gasteiger partial charge in [0.1, 0.15) is 0 Å². The fourth-order valence-corrected chi connectivity index (χ4v) is 1.84. The van der Waals surface area contributed by atoms with Crippen LogP contribution < -0.4 is 10.9 Å². The molecule has 1 aromatic carbocycles. The van der Waals surface area contributed by atoms with Crippen molar-refractivity contribution in [3.05, 3.63) is 45.9 Å². The van der Waals surface area contributed by atoms with E-state index in [1.807, 2.05) is 31.2 Å². The van der Waals surface area contributed by atoms with E-state index in [-0.39, 0.29) is 17.2 Å². The van der Waals surface area contributed by atoms with Crippen LogP contribution in [0.2, 0.25) is 0 Å². The Bertz CT molecular complexity index is 676. The SMILES string of the molecule is CC(=O)NC(C)c1nnc(-c2ccc(C)cc2)[nH]c1=O. The zero-order chi connectivity index (χ0) is 14.7. The largest absolute Gasteiger partial charge is 0.348 e. The van der Waals surface area contributed by atoms with Gasteiger partial charge in [0.15, 0.2) is 11.5 Å². The quantitative estimate of drug-likeness (QED) is 0.882. The molecule has 20 heavy (non-hydrogen) atoms. The maximum absolute atomic E-state index is 12.0. The van der Waals surface area contributed by atoms with E-state index in [9.17, 15) is 9.59 Å². The molecule has 0 aliphatic carbocycles. The molecule has 1 heterocycles. The predicted octanol–water partition coefficient (Wildman–Crippen LogP) is 1.34. The maximum Gasteiger partial charge on any atom is 0.275 e. The van der Waals surface area contributed by atoms with E-state index in [1.165, 1.54) is 6.92 Å². The van der Waals surface area contributed by atoms with E-state index < -0.39 is 6.04 Å². The molecule has 6 nitrogen and oxygen atoms in total. The third-order valence-electron chi connectivity index (χ3n) is 2.88. The van der Waals surface area contributed by atoms with E-state index in [2.05, 4.69) is 20.5 Å². The zero-order valence-electron chi connectivity index (χ0n) is 11.6. The molecule has 0 aliphatic heterocycles. The molecule has 1 aromatic heterocycles. The fourth-order valence-electron chi connectivity index (χ4n) is 1.84. The highest BCUT2D eigenvalue weighted by molar-refractivity contribution is 5.73. The molecular weight excluding hydrogens is 256 g/mol. The van der Waals surface area contributed by atoms with Crippen LogP contribution in [0.25, 0.3) is 11.4 Å². The molecule has 0 aliphatic rings. The summed E-state index contributed by atoms with van der Waals surface area (Å²) in [5.41, 5.74) is 1.76. The van der Waals surface area contributed by atoms with Gasteiger partial charge in [-0.05, 0) is 13.8 Å². The molecule has 1 unspecified atom stereocenters. The van der Waals surface area contributed by atoms with Crippen LogP contribution >= 0.6 is 0 Å². The molecule has 2 N–H and O–H groups in total. The summed E-state index contributed by atoms with van der Waals surface area (Å²) in [5.74, 6) is 0.190. The standard InChI is InChI=1S/C14H16N4O2/c1-8-4-6-11(7-5-8)13-16-14(20)12(17-18-13)9(2)15-10(3)19/h4-7,9H,1-3H3,(H,15,19)(H,16,18,20). The van der Waals surface area contributed by atoms with E-state index >= 15 is 0 Å². The van der Waals surface area contributed by atoms with Gasteiger partial charge in [0.25, 0.3) is 5.56 Å². The number of amides is 1. The Morgan fingerprint density at radius 3 is 2.45 bits per heavy atom. The summed E-state index contributed by atoms with van der Waals surface area (Å²) in [6, 6.07) is 7.13. The summed E-state index contributed by atoms with van der Waals surface area (Å²) in [5, 5.41) is 10.5. The zero-order valence-corrected chi connectivity index (χ0v) is 11.6. The van der Waals surface area contributed by atoms with E-state index in [1.54, 1.807) is 6.92 Å². The minimum atomic E-state index is -0.476. The number of H-pyrrole nitrogens is 1. The molecular formula is C14H16N4O2. The number of aromatic nitrogens is 3. The highest BCUT2D eigenvalue weighted by atomic mass is 16.1. The molecule has 0 radical (unpaired) electrons. The molecule has 0 fully saturated rings. The number of benzene rings is 1. The first kappa shape index (κ1) is 13.9. The molecule has 2 aromatic rings. The summed E-state index contributed by atoms with van der Waals surface area (Å²) in [7, 11) is 0. The molecule has 1 amide bonds. The van der Waals surface area contributed by atoms with Gasteiger partial charge in [0.2, 0.25) is 5.91 Å². The molecule has 104 valence electrons. The Hall–Kier alpha value is -2.50. The fraction of sp³-hybridized carbons (Fsp3) is 0.286. The van der Waals surface area contributed by atoms with Gasteiger partial charge in [-0.1, -0.05) is 29.8 Å². The van der Waals surface area contributed by atoms with Crippen LogP contribution in [-0.2, 0) is 4.79 Å². The van der Waals surface area contributed by atoms with Gasteiger partial charge in [-0.25, -0.2) is 0 Å². The van der Waals surface area contributed by atoms with Crippen LogP contribution in [0.3, 0.4) is 0 Å². The number of hydrogen-bond donors (Lipinski definition) is 2. The first-order chi connectivity index (χ1) is 9.47. The number of hydrogen-bond acceptors (Lipinski definition) is 4. The third kappa shape index (κ3) is 3.09. The topological polar surface area (TPSA) is 87.7 Å². The number of carbonyl (C=O) groups is 1. The Kier molecular flexibility index (Phi) is 3.93. The van der Waals surface area contributed by atoms with Crippen molar-refractivity contribution >= 4 is 5.91 Å². The Balaban J connectivity index is 2.32. The number of rotatable bonds is 3. The Morgan fingerprint density at radius 1 is 1.25 bits per heavy atom. The summed E-state index contributed by atoms with van der Waals surface area (Å²) >= 11 is 0. The summed E-state index contributed by atoms with van der Waals surface area (Å²) < 4.78 is 0. The van der Waals surface area contributed by atoms with Crippen LogP contribution in [0.15, 0.2) is 29.1 Å². The van der Waals surface area contributed by atoms with Gasteiger partial charge in [-0.3, -0.25) is 9.59 Å². The lowest BCUT2D eigenvalue weighted by atomic mass is 10.1. The van der Waals surface area contributed by atoms with Gasteiger partial charge in [-0.2, -0.15) is 0 Å².